The first-order chi connectivity index (χ1) is 14.0. The molecule has 0 aliphatic carbocycles. The van der Waals surface area contributed by atoms with Crippen LogP contribution in [0, 0.1) is 0 Å². The molecule has 3 amide bonds. The SMILES string of the molecule is CCC(=O)N1CCC2(C1)C(=O)N(C(C)C)CC(=O)N2Cc1ccc(C(C)(F)F)cc1. The van der Waals surface area contributed by atoms with E-state index in [-0.39, 0.29) is 49.0 Å². The van der Waals surface area contributed by atoms with Crippen molar-refractivity contribution < 1.29 is 23.2 Å². The van der Waals surface area contributed by atoms with E-state index >= 15 is 0 Å². The number of alkyl halides is 2. The molecule has 6 nitrogen and oxygen atoms in total. The Morgan fingerprint density at radius 2 is 1.83 bits per heavy atom. The normalized spacial score (nSPS) is 22.6. The Kier molecular flexibility index (Phi) is 5.89. The van der Waals surface area contributed by atoms with Crippen molar-refractivity contribution in [3.05, 3.63) is 35.4 Å². The predicted molar refractivity (Wildman–Crippen MR) is 108 cm³/mol. The van der Waals surface area contributed by atoms with E-state index in [1.165, 1.54) is 12.1 Å². The third-order valence-electron chi connectivity index (χ3n) is 6.11. The van der Waals surface area contributed by atoms with Crippen molar-refractivity contribution in [2.24, 2.45) is 0 Å². The molecule has 0 radical (unpaired) electrons. The van der Waals surface area contributed by atoms with Crippen LogP contribution >= 0.6 is 0 Å². The van der Waals surface area contributed by atoms with Gasteiger partial charge in [0.1, 0.15) is 12.1 Å². The van der Waals surface area contributed by atoms with Crippen molar-refractivity contribution >= 4 is 17.7 Å². The van der Waals surface area contributed by atoms with Gasteiger partial charge in [0.15, 0.2) is 0 Å². The molecular formula is C22H29F2N3O3. The van der Waals surface area contributed by atoms with Crippen LogP contribution in [0.3, 0.4) is 0 Å². The third kappa shape index (κ3) is 3.91. The van der Waals surface area contributed by atoms with Gasteiger partial charge < -0.3 is 14.7 Å². The average Bonchev–Trinajstić information content (AvgIpc) is 3.13. The predicted octanol–water partition coefficient (Wildman–Crippen LogP) is 2.76. The summed E-state index contributed by atoms with van der Waals surface area (Å²) < 4.78 is 27.0. The monoisotopic (exact) mass is 421 g/mol. The highest BCUT2D eigenvalue weighted by Crippen LogP contribution is 2.36. The Hall–Kier alpha value is -2.51. The maximum Gasteiger partial charge on any atom is 0.270 e. The molecule has 1 aromatic carbocycles. The highest BCUT2D eigenvalue weighted by atomic mass is 19.3. The highest BCUT2D eigenvalue weighted by molar-refractivity contribution is 5.99. The zero-order valence-electron chi connectivity index (χ0n) is 18.0. The number of carbonyl (C=O) groups is 3. The van der Waals surface area contributed by atoms with Crippen LogP contribution in [0.4, 0.5) is 8.78 Å². The van der Waals surface area contributed by atoms with Gasteiger partial charge in [-0.3, -0.25) is 14.4 Å². The van der Waals surface area contributed by atoms with E-state index in [9.17, 15) is 23.2 Å². The first kappa shape index (κ1) is 22.2. The second-order valence-corrected chi connectivity index (χ2v) is 8.54. The molecule has 2 aliphatic rings. The second kappa shape index (κ2) is 7.96. The van der Waals surface area contributed by atoms with Gasteiger partial charge in [-0.1, -0.05) is 31.2 Å². The van der Waals surface area contributed by atoms with E-state index in [2.05, 4.69) is 0 Å². The van der Waals surface area contributed by atoms with E-state index < -0.39 is 11.5 Å². The highest BCUT2D eigenvalue weighted by Gasteiger charge is 2.56. The summed E-state index contributed by atoms with van der Waals surface area (Å²) in [7, 11) is 0. The number of likely N-dealkylation sites (tertiary alicyclic amines) is 1. The number of nitrogens with zero attached hydrogens (tertiary/aromatic N) is 3. The van der Waals surface area contributed by atoms with Crippen LogP contribution in [0.1, 0.15) is 51.7 Å². The van der Waals surface area contributed by atoms with Crippen LogP contribution in [0.15, 0.2) is 24.3 Å². The topological polar surface area (TPSA) is 60.9 Å². The fourth-order valence-corrected chi connectivity index (χ4v) is 4.29. The van der Waals surface area contributed by atoms with E-state index in [4.69, 9.17) is 0 Å². The first-order valence-electron chi connectivity index (χ1n) is 10.4. The Bertz CT molecular complexity index is 835. The largest absolute Gasteiger partial charge is 0.340 e. The van der Waals surface area contributed by atoms with Gasteiger partial charge in [-0.2, -0.15) is 0 Å². The Labute approximate surface area is 175 Å². The molecule has 164 valence electrons. The summed E-state index contributed by atoms with van der Waals surface area (Å²) in [4.78, 5) is 43.6. The van der Waals surface area contributed by atoms with E-state index in [1.54, 1.807) is 33.8 Å². The zero-order valence-corrected chi connectivity index (χ0v) is 18.0. The average molecular weight is 421 g/mol. The number of hydrogen-bond donors (Lipinski definition) is 0. The third-order valence-corrected chi connectivity index (χ3v) is 6.11. The summed E-state index contributed by atoms with van der Waals surface area (Å²) in [6, 6.07) is 5.69. The number of hydrogen-bond acceptors (Lipinski definition) is 3. The van der Waals surface area contributed by atoms with Crippen LogP contribution < -0.4 is 0 Å². The summed E-state index contributed by atoms with van der Waals surface area (Å²) >= 11 is 0. The van der Waals surface area contributed by atoms with E-state index in [1.807, 2.05) is 13.8 Å². The van der Waals surface area contributed by atoms with E-state index in [0.29, 0.717) is 24.9 Å². The molecule has 2 aliphatic heterocycles. The van der Waals surface area contributed by atoms with Gasteiger partial charge in [0.05, 0.1) is 6.54 Å². The Morgan fingerprint density at radius 3 is 2.37 bits per heavy atom. The van der Waals surface area contributed by atoms with Crippen molar-refractivity contribution in [3.63, 3.8) is 0 Å². The Morgan fingerprint density at radius 1 is 1.20 bits per heavy atom. The van der Waals surface area contributed by atoms with Gasteiger partial charge in [-0.05, 0) is 25.8 Å². The lowest BCUT2D eigenvalue weighted by Gasteiger charge is -2.48. The first-order valence-corrected chi connectivity index (χ1v) is 10.4. The molecule has 0 aromatic heterocycles. The van der Waals surface area contributed by atoms with Gasteiger partial charge in [0.2, 0.25) is 11.8 Å². The molecule has 0 N–H and O–H groups in total. The van der Waals surface area contributed by atoms with Crippen molar-refractivity contribution in [1.82, 2.24) is 14.7 Å². The van der Waals surface area contributed by atoms with Crippen LogP contribution in [0.25, 0.3) is 0 Å². The number of piperazine rings is 1. The number of benzene rings is 1. The number of halogens is 2. The van der Waals surface area contributed by atoms with Gasteiger partial charge in [-0.25, -0.2) is 8.78 Å². The minimum atomic E-state index is -2.94. The molecule has 3 rings (SSSR count). The number of rotatable bonds is 5. The smallest absolute Gasteiger partial charge is 0.270 e. The van der Waals surface area contributed by atoms with E-state index in [0.717, 1.165) is 6.92 Å². The van der Waals surface area contributed by atoms with Gasteiger partial charge in [-0.15, -0.1) is 0 Å². The van der Waals surface area contributed by atoms with Crippen molar-refractivity contribution in [1.29, 1.82) is 0 Å². The van der Waals surface area contributed by atoms with Gasteiger partial charge in [0.25, 0.3) is 11.8 Å². The molecule has 1 aromatic rings. The molecular weight excluding hydrogens is 392 g/mol. The lowest BCUT2D eigenvalue weighted by Crippen LogP contribution is -2.69. The maximum absolute atomic E-state index is 13.5. The minimum absolute atomic E-state index is 0.0227. The fraction of sp³-hybridized carbons (Fsp3) is 0.591. The maximum atomic E-state index is 13.5. The summed E-state index contributed by atoms with van der Waals surface area (Å²) in [5.74, 6) is -3.34. The van der Waals surface area contributed by atoms with Gasteiger partial charge >= 0.3 is 0 Å². The van der Waals surface area contributed by atoms with Crippen LogP contribution in [-0.4, -0.2) is 63.6 Å². The second-order valence-electron chi connectivity index (χ2n) is 8.54. The molecule has 0 bridgehead atoms. The standard InChI is InChI=1S/C22H29F2N3O3/c1-5-18(28)25-11-10-22(14-25)20(30)26(15(2)3)13-19(29)27(22)12-16-6-8-17(9-7-16)21(4,23)24/h6-9,15H,5,10-14H2,1-4H3. The summed E-state index contributed by atoms with van der Waals surface area (Å²) in [5, 5.41) is 0. The summed E-state index contributed by atoms with van der Waals surface area (Å²) in [5.41, 5.74) is -0.548. The molecule has 1 spiro atoms. The number of amides is 3. The quantitative estimate of drug-likeness (QED) is 0.735. The zero-order chi connectivity index (χ0) is 22.3. The molecule has 2 heterocycles. The van der Waals surface area contributed by atoms with Gasteiger partial charge in [0, 0.05) is 38.0 Å². The van der Waals surface area contributed by atoms with Crippen LogP contribution in [0.5, 0.6) is 0 Å². The molecule has 2 fully saturated rings. The summed E-state index contributed by atoms with van der Waals surface area (Å²) in [6.45, 7) is 7.02. The lowest BCUT2D eigenvalue weighted by atomic mass is 9.89. The lowest BCUT2D eigenvalue weighted by molar-refractivity contribution is -0.167. The fourth-order valence-electron chi connectivity index (χ4n) is 4.29. The molecule has 8 heteroatoms. The molecule has 0 saturated carbocycles. The van der Waals surface area contributed by atoms with Crippen LogP contribution in [-0.2, 0) is 26.9 Å². The Balaban J connectivity index is 1.93. The summed E-state index contributed by atoms with van der Waals surface area (Å²) in [6.07, 6.45) is 0.705. The van der Waals surface area contributed by atoms with Crippen molar-refractivity contribution in [3.8, 4) is 0 Å². The minimum Gasteiger partial charge on any atom is -0.340 e. The molecule has 30 heavy (non-hydrogen) atoms. The number of carbonyl (C=O) groups excluding carboxylic acids is 3. The van der Waals surface area contributed by atoms with Crippen molar-refractivity contribution in [2.75, 3.05) is 19.6 Å². The van der Waals surface area contributed by atoms with Crippen molar-refractivity contribution in [2.45, 2.75) is 64.6 Å². The molecule has 1 atom stereocenters. The molecule has 1 unspecified atom stereocenters. The van der Waals surface area contributed by atoms with Crippen LogP contribution in [0.2, 0.25) is 0 Å². The molecule has 2 saturated heterocycles.